The largest absolute Gasteiger partial charge is 0.394 e. The van der Waals surface area contributed by atoms with Crippen molar-refractivity contribution >= 4 is 21.3 Å². The quantitative estimate of drug-likeness (QED) is 0.763. The highest BCUT2D eigenvalue weighted by atomic mass is 32.2. The van der Waals surface area contributed by atoms with Crippen molar-refractivity contribution < 1.29 is 8.42 Å². The van der Waals surface area contributed by atoms with E-state index in [1.165, 1.54) is 0 Å². The third-order valence-corrected chi connectivity index (χ3v) is 4.97. The van der Waals surface area contributed by atoms with E-state index in [0.29, 0.717) is 12.2 Å². The fourth-order valence-corrected chi connectivity index (χ4v) is 3.87. The molecule has 0 aliphatic carbocycles. The lowest BCUT2D eigenvalue weighted by Gasteiger charge is -2.34. The fourth-order valence-electron chi connectivity index (χ4n) is 2.32. The number of hydrogen-bond donors (Lipinski definition) is 1. The van der Waals surface area contributed by atoms with Gasteiger partial charge in [0.05, 0.1) is 22.9 Å². The second kappa shape index (κ2) is 3.90. The van der Waals surface area contributed by atoms with Crippen LogP contribution in [0.4, 0.5) is 11.5 Å². The highest BCUT2D eigenvalue weighted by Gasteiger charge is 2.31. The minimum atomic E-state index is -2.90. The third kappa shape index (κ3) is 2.11. The highest BCUT2D eigenvalue weighted by molar-refractivity contribution is 7.91. The highest BCUT2D eigenvalue weighted by Crippen LogP contribution is 2.29. The first kappa shape index (κ1) is 12.2. The molecule has 1 aromatic heterocycles. The lowest BCUT2D eigenvalue weighted by Crippen LogP contribution is -2.48. The van der Waals surface area contributed by atoms with E-state index in [1.807, 2.05) is 25.8 Å². The Hall–Kier alpha value is -1.24. The van der Waals surface area contributed by atoms with E-state index in [-0.39, 0.29) is 17.5 Å². The van der Waals surface area contributed by atoms with Crippen LogP contribution in [0.15, 0.2) is 0 Å². The zero-order valence-electron chi connectivity index (χ0n) is 10.3. The Labute approximate surface area is 101 Å². The molecule has 1 atom stereocenters. The first-order valence-corrected chi connectivity index (χ1v) is 7.40. The molecule has 1 aliphatic heterocycles. The number of rotatable bonds is 1. The zero-order valence-corrected chi connectivity index (χ0v) is 11.2. The molecule has 2 N–H and O–H groups in total. The molecule has 0 aromatic carbocycles. The Morgan fingerprint density at radius 1 is 1.47 bits per heavy atom. The van der Waals surface area contributed by atoms with E-state index in [4.69, 9.17) is 5.73 Å². The van der Waals surface area contributed by atoms with Gasteiger partial charge in [-0.3, -0.25) is 4.68 Å². The van der Waals surface area contributed by atoms with Crippen LogP contribution < -0.4 is 10.6 Å². The second-order valence-corrected chi connectivity index (χ2v) is 6.83. The summed E-state index contributed by atoms with van der Waals surface area (Å²) in [6.07, 6.45) is 0. The number of hydrogen-bond acceptors (Lipinski definition) is 5. The van der Waals surface area contributed by atoms with E-state index < -0.39 is 9.84 Å². The normalized spacial score (nSPS) is 23.9. The molecule has 0 saturated carbocycles. The van der Waals surface area contributed by atoms with Crippen LogP contribution >= 0.6 is 0 Å². The van der Waals surface area contributed by atoms with Crippen molar-refractivity contribution in [1.29, 1.82) is 0 Å². The van der Waals surface area contributed by atoms with Gasteiger partial charge < -0.3 is 10.6 Å². The number of nitrogen functional groups attached to an aromatic ring is 1. The average Bonchev–Trinajstić information content (AvgIpc) is 2.42. The van der Waals surface area contributed by atoms with Gasteiger partial charge in [0.15, 0.2) is 15.7 Å². The molecule has 6 nitrogen and oxygen atoms in total. The summed E-state index contributed by atoms with van der Waals surface area (Å²) in [6.45, 7) is 4.23. The molecular weight excluding hydrogens is 240 g/mol. The molecule has 17 heavy (non-hydrogen) atoms. The van der Waals surface area contributed by atoms with Crippen LogP contribution in [0.3, 0.4) is 0 Å². The fraction of sp³-hybridized carbons (Fsp3) is 0.700. The van der Waals surface area contributed by atoms with E-state index in [9.17, 15) is 8.42 Å². The van der Waals surface area contributed by atoms with E-state index in [0.717, 1.165) is 11.5 Å². The Balaban J connectivity index is 2.36. The van der Waals surface area contributed by atoms with Crippen molar-refractivity contribution in [3.05, 3.63) is 5.69 Å². The minimum Gasteiger partial charge on any atom is -0.394 e. The molecule has 0 amide bonds. The zero-order chi connectivity index (χ0) is 12.8. The van der Waals surface area contributed by atoms with Gasteiger partial charge in [-0.1, -0.05) is 0 Å². The molecule has 2 rings (SSSR count). The molecule has 0 spiro atoms. The molecule has 1 aliphatic rings. The predicted octanol–water partition coefficient (Wildman–Crippen LogP) is -0.0660. The number of nitrogens with two attached hydrogens (primary N) is 1. The summed E-state index contributed by atoms with van der Waals surface area (Å²) in [5, 5.41) is 4.26. The molecule has 7 heteroatoms. The summed E-state index contributed by atoms with van der Waals surface area (Å²) in [7, 11) is -1.08. The first-order valence-electron chi connectivity index (χ1n) is 5.58. The summed E-state index contributed by atoms with van der Waals surface area (Å²) < 4.78 is 24.8. The third-order valence-electron chi connectivity index (χ3n) is 3.18. The number of nitrogens with zero attached hydrogens (tertiary/aromatic N) is 3. The van der Waals surface area contributed by atoms with Crippen LogP contribution in [0.25, 0.3) is 0 Å². The molecule has 2 heterocycles. The van der Waals surface area contributed by atoms with Crippen molar-refractivity contribution in [3.8, 4) is 0 Å². The maximum atomic E-state index is 11.5. The van der Waals surface area contributed by atoms with Gasteiger partial charge in [0.25, 0.3) is 0 Å². The summed E-state index contributed by atoms with van der Waals surface area (Å²) in [5.74, 6) is 1.18. The summed E-state index contributed by atoms with van der Waals surface area (Å²) in [5.41, 5.74) is 7.41. The SMILES string of the molecule is Cc1nn(C)c(N2CCS(=O)(=O)CC2C)c1N. The number of aromatic nitrogens is 2. The minimum absolute atomic E-state index is 0.0640. The molecule has 96 valence electrons. The Morgan fingerprint density at radius 3 is 2.59 bits per heavy atom. The van der Waals surface area contributed by atoms with Crippen LogP contribution in [0, 0.1) is 6.92 Å². The molecular formula is C10H18N4O2S. The van der Waals surface area contributed by atoms with Gasteiger partial charge in [0.1, 0.15) is 0 Å². The number of aryl methyl sites for hydroxylation is 2. The summed E-state index contributed by atoms with van der Waals surface area (Å²) in [6, 6.07) is -0.0640. The smallest absolute Gasteiger partial charge is 0.154 e. The Morgan fingerprint density at radius 2 is 2.12 bits per heavy atom. The van der Waals surface area contributed by atoms with E-state index >= 15 is 0 Å². The standard InChI is InChI=1S/C10H18N4O2S/c1-7-6-17(15,16)5-4-14(7)10-9(11)8(2)12-13(10)3/h7H,4-6,11H2,1-3H3. The summed E-state index contributed by atoms with van der Waals surface area (Å²) in [4.78, 5) is 2.02. The molecule has 1 unspecified atom stereocenters. The van der Waals surface area contributed by atoms with Crippen LogP contribution in [-0.2, 0) is 16.9 Å². The maximum Gasteiger partial charge on any atom is 0.154 e. The number of sulfone groups is 1. The van der Waals surface area contributed by atoms with Crippen molar-refractivity contribution in [2.24, 2.45) is 7.05 Å². The van der Waals surface area contributed by atoms with Gasteiger partial charge >= 0.3 is 0 Å². The van der Waals surface area contributed by atoms with E-state index in [1.54, 1.807) is 4.68 Å². The van der Waals surface area contributed by atoms with Crippen molar-refractivity contribution in [1.82, 2.24) is 9.78 Å². The molecule has 0 bridgehead atoms. The lowest BCUT2D eigenvalue weighted by molar-refractivity contribution is 0.562. The van der Waals surface area contributed by atoms with Gasteiger partial charge in [-0.2, -0.15) is 5.10 Å². The van der Waals surface area contributed by atoms with Crippen LogP contribution in [0.5, 0.6) is 0 Å². The maximum absolute atomic E-state index is 11.5. The van der Waals surface area contributed by atoms with Crippen molar-refractivity contribution in [2.75, 3.05) is 28.7 Å². The van der Waals surface area contributed by atoms with Crippen molar-refractivity contribution in [2.45, 2.75) is 19.9 Å². The lowest BCUT2D eigenvalue weighted by atomic mass is 10.3. The summed E-state index contributed by atoms with van der Waals surface area (Å²) >= 11 is 0. The monoisotopic (exact) mass is 258 g/mol. The number of anilines is 2. The van der Waals surface area contributed by atoms with Crippen LogP contribution in [-0.4, -0.2) is 42.3 Å². The predicted molar refractivity (Wildman–Crippen MR) is 67.8 cm³/mol. The molecule has 1 aromatic rings. The van der Waals surface area contributed by atoms with Gasteiger partial charge in [-0.05, 0) is 13.8 Å². The average molecular weight is 258 g/mol. The van der Waals surface area contributed by atoms with Gasteiger partial charge in [-0.15, -0.1) is 0 Å². The van der Waals surface area contributed by atoms with Crippen LogP contribution in [0.2, 0.25) is 0 Å². The van der Waals surface area contributed by atoms with Gasteiger partial charge in [0, 0.05) is 19.6 Å². The van der Waals surface area contributed by atoms with E-state index in [2.05, 4.69) is 5.10 Å². The van der Waals surface area contributed by atoms with Crippen molar-refractivity contribution in [3.63, 3.8) is 0 Å². The van der Waals surface area contributed by atoms with Crippen LogP contribution in [0.1, 0.15) is 12.6 Å². The molecule has 1 saturated heterocycles. The Bertz CT molecular complexity index is 535. The second-order valence-electron chi connectivity index (χ2n) is 4.60. The Kier molecular flexibility index (Phi) is 2.81. The first-order chi connectivity index (χ1) is 7.82. The van der Waals surface area contributed by atoms with Gasteiger partial charge in [-0.25, -0.2) is 8.42 Å². The molecule has 1 fully saturated rings. The van der Waals surface area contributed by atoms with Gasteiger partial charge in [0.2, 0.25) is 0 Å². The molecule has 0 radical (unpaired) electrons. The topological polar surface area (TPSA) is 81.2 Å².